The molecule has 1 rings (SSSR count). The van der Waals surface area contributed by atoms with Gasteiger partial charge >= 0.3 is 5.97 Å². The number of benzene rings is 1. The molecule has 1 aromatic rings. The van der Waals surface area contributed by atoms with Crippen LogP contribution in [0.5, 0.6) is 0 Å². The van der Waals surface area contributed by atoms with Crippen molar-refractivity contribution in [1.82, 2.24) is 0 Å². The van der Waals surface area contributed by atoms with Gasteiger partial charge in [-0.2, -0.15) is 0 Å². The van der Waals surface area contributed by atoms with Gasteiger partial charge in [-0.25, -0.2) is 4.21 Å². The highest BCUT2D eigenvalue weighted by Crippen LogP contribution is 2.13. The maximum absolute atomic E-state index is 11.5. The fourth-order valence-electron chi connectivity index (χ4n) is 1.36. The lowest BCUT2D eigenvalue weighted by Crippen LogP contribution is -2.32. The quantitative estimate of drug-likeness (QED) is 0.487. The topological polar surface area (TPSA) is 92.4 Å². The first kappa shape index (κ1) is 15.4. The molecule has 0 amide bonds. The standard InChI is InChI=1S/C11H15IN2O3S/c12-4-5-18(17)14-9-3-1-2-8(6-9)7-10(13)11(15)16/h1-3,6,10,14H,4-5,7,13H2,(H,15,16)/t10-,18?/m0/s1. The number of hydrogen-bond acceptors (Lipinski definition) is 3. The average Bonchev–Trinajstić information content (AvgIpc) is 2.29. The highest BCUT2D eigenvalue weighted by atomic mass is 127. The largest absolute Gasteiger partial charge is 0.480 e. The molecule has 0 saturated carbocycles. The van der Waals surface area contributed by atoms with Crippen LogP contribution < -0.4 is 10.5 Å². The zero-order valence-electron chi connectivity index (χ0n) is 9.64. The van der Waals surface area contributed by atoms with Gasteiger partial charge in [0.25, 0.3) is 0 Å². The molecule has 0 radical (unpaired) electrons. The SMILES string of the molecule is N[C@@H](Cc1cccc(NS(=O)CCI)c1)C(=O)O. The minimum Gasteiger partial charge on any atom is -0.480 e. The fraction of sp³-hybridized carbons (Fsp3) is 0.364. The van der Waals surface area contributed by atoms with E-state index in [0.29, 0.717) is 11.4 Å². The van der Waals surface area contributed by atoms with Crippen LogP contribution >= 0.6 is 22.6 Å². The molecule has 0 saturated heterocycles. The van der Waals surface area contributed by atoms with Gasteiger partial charge in [0.2, 0.25) is 0 Å². The van der Waals surface area contributed by atoms with Crippen LogP contribution in [0.2, 0.25) is 0 Å². The highest BCUT2D eigenvalue weighted by molar-refractivity contribution is 14.1. The maximum Gasteiger partial charge on any atom is 0.320 e. The maximum atomic E-state index is 11.5. The van der Waals surface area contributed by atoms with Gasteiger partial charge in [-0.1, -0.05) is 34.7 Å². The van der Waals surface area contributed by atoms with Gasteiger partial charge in [0, 0.05) is 10.1 Å². The number of hydrogen-bond donors (Lipinski definition) is 3. The number of carboxylic acids is 1. The first-order valence-corrected chi connectivity index (χ1v) is 8.15. The lowest BCUT2D eigenvalue weighted by molar-refractivity contribution is -0.138. The van der Waals surface area contributed by atoms with Crippen molar-refractivity contribution in [3.05, 3.63) is 29.8 Å². The van der Waals surface area contributed by atoms with Crippen molar-refractivity contribution >= 4 is 45.2 Å². The van der Waals surface area contributed by atoms with Crippen molar-refractivity contribution in [3.8, 4) is 0 Å². The van der Waals surface area contributed by atoms with Crippen molar-refractivity contribution < 1.29 is 14.1 Å². The summed E-state index contributed by atoms with van der Waals surface area (Å²) in [5.74, 6) is -0.457. The number of nitrogens with two attached hydrogens (primary N) is 1. The molecule has 2 atom stereocenters. The Morgan fingerprint density at radius 2 is 2.28 bits per heavy atom. The van der Waals surface area contributed by atoms with Crippen LogP contribution in [-0.2, 0) is 22.2 Å². The number of carboxylic acid groups (broad SMARTS) is 1. The van der Waals surface area contributed by atoms with Crippen LogP contribution in [0.3, 0.4) is 0 Å². The molecular weight excluding hydrogens is 367 g/mol. The Bertz CT molecular complexity index is 442. The molecule has 4 N–H and O–H groups in total. The summed E-state index contributed by atoms with van der Waals surface area (Å²) in [6.45, 7) is 0. The fourth-order valence-corrected chi connectivity index (χ4v) is 3.19. The number of aliphatic carboxylic acids is 1. The van der Waals surface area contributed by atoms with Crippen LogP contribution in [0.4, 0.5) is 5.69 Å². The minimum atomic E-state index is -1.11. The molecule has 0 spiro atoms. The van der Waals surface area contributed by atoms with E-state index < -0.39 is 23.0 Å². The van der Waals surface area contributed by atoms with E-state index in [1.807, 2.05) is 0 Å². The molecule has 0 aliphatic rings. The molecule has 0 heterocycles. The molecule has 1 unspecified atom stereocenters. The minimum absolute atomic E-state index is 0.254. The van der Waals surface area contributed by atoms with E-state index in [4.69, 9.17) is 10.8 Å². The van der Waals surface area contributed by atoms with Crippen molar-refractivity contribution in [2.45, 2.75) is 12.5 Å². The Labute approximate surface area is 122 Å². The Morgan fingerprint density at radius 3 is 2.89 bits per heavy atom. The second-order valence-corrected chi connectivity index (χ2v) is 6.07. The van der Waals surface area contributed by atoms with E-state index in [9.17, 15) is 9.00 Å². The lowest BCUT2D eigenvalue weighted by atomic mass is 10.1. The smallest absolute Gasteiger partial charge is 0.320 e. The predicted octanol–water partition coefficient (Wildman–Crippen LogP) is 1.15. The predicted molar refractivity (Wildman–Crippen MR) is 81.3 cm³/mol. The van der Waals surface area contributed by atoms with Crippen molar-refractivity contribution in [2.75, 3.05) is 14.9 Å². The third-order valence-corrected chi connectivity index (χ3v) is 4.50. The summed E-state index contributed by atoms with van der Waals surface area (Å²) in [6.07, 6.45) is 0.254. The number of halogens is 1. The van der Waals surface area contributed by atoms with Crippen LogP contribution in [0.1, 0.15) is 5.56 Å². The Morgan fingerprint density at radius 1 is 1.56 bits per heavy atom. The van der Waals surface area contributed by atoms with E-state index in [1.165, 1.54) is 0 Å². The van der Waals surface area contributed by atoms with Gasteiger partial charge in [0.05, 0.1) is 5.75 Å². The number of carbonyl (C=O) groups is 1. The Balaban J connectivity index is 2.67. The third-order valence-electron chi connectivity index (χ3n) is 2.19. The van der Waals surface area contributed by atoms with Gasteiger partial charge in [-0.15, -0.1) is 0 Å². The molecule has 18 heavy (non-hydrogen) atoms. The van der Waals surface area contributed by atoms with Crippen LogP contribution in [-0.4, -0.2) is 31.5 Å². The average molecular weight is 382 g/mol. The first-order valence-electron chi connectivity index (χ1n) is 5.31. The van der Waals surface area contributed by atoms with Gasteiger partial charge in [-0.05, 0) is 24.1 Å². The summed E-state index contributed by atoms with van der Waals surface area (Å²) in [6, 6.07) is 6.23. The number of nitrogens with one attached hydrogen (secondary N) is 1. The summed E-state index contributed by atoms with van der Waals surface area (Å²) >= 11 is 2.16. The van der Waals surface area contributed by atoms with E-state index in [2.05, 4.69) is 27.3 Å². The molecule has 0 fully saturated rings. The van der Waals surface area contributed by atoms with E-state index in [0.717, 1.165) is 9.99 Å². The molecule has 0 aromatic heterocycles. The summed E-state index contributed by atoms with van der Waals surface area (Å²) < 4.78 is 15.2. The summed E-state index contributed by atoms with van der Waals surface area (Å²) in [4.78, 5) is 10.7. The number of rotatable bonds is 7. The summed E-state index contributed by atoms with van der Waals surface area (Å²) in [5.41, 5.74) is 6.99. The summed E-state index contributed by atoms with van der Waals surface area (Å²) in [5, 5.41) is 8.74. The molecule has 1 aromatic carbocycles. The highest BCUT2D eigenvalue weighted by Gasteiger charge is 2.12. The number of alkyl halides is 1. The second-order valence-electron chi connectivity index (χ2n) is 3.69. The van der Waals surface area contributed by atoms with Crippen LogP contribution in [0, 0.1) is 0 Å². The van der Waals surface area contributed by atoms with E-state index in [1.54, 1.807) is 24.3 Å². The molecule has 7 heteroatoms. The first-order chi connectivity index (χ1) is 8.52. The lowest BCUT2D eigenvalue weighted by Gasteiger charge is -2.09. The third kappa shape index (κ3) is 5.32. The molecule has 0 aliphatic carbocycles. The molecule has 5 nitrogen and oxygen atoms in total. The van der Waals surface area contributed by atoms with Crippen molar-refractivity contribution in [2.24, 2.45) is 5.73 Å². The number of anilines is 1. The van der Waals surface area contributed by atoms with Gasteiger partial charge in [0.15, 0.2) is 0 Å². The van der Waals surface area contributed by atoms with Crippen LogP contribution in [0.25, 0.3) is 0 Å². The van der Waals surface area contributed by atoms with Crippen LogP contribution in [0.15, 0.2) is 24.3 Å². The Kier molecular flexibility index (Phi) is 6.58. The van der Waals surface area contributed by atoms with Crippen molar-refractivity contribution in [1.29, 1.82) is 0 Å². The second kappa shape index (κ2) is 7.70. The molecule has 100 valence electrons. The van der Waals surface area contributed by atoms with E-state index in [-0.39, 0.29) is 6.42 Å². The zero-order chi connectivity index (χ0) is 13.5. The molecule has 0 aliphatic heterocycles. The molecule has 0 bridgehead atoms. The normalized spacial score (nSPS) is 13.9. The van der Waals surface area contributed by atoms with Crippen molar-refractivity contribution in [3.63, 3.8) is 0 Å². The van der Waals surface area contributed by atoms with Gasteiger partial charge in [0.1, 0.15) is 17.0 Å². The summed E-state index contributed by atoms with van der Waals surface area (Å²) in [7, 11) is -1.11. The molecular formula is C11H15IN2O3S. The monoisotopic (exact) mass is 382 g/mol. The Hall–Kier alpha value is -0.670. The van der Waals surface area contributed by atoms with E-state index >= 15 is 0 Å². The van der Waals surface area contributed by atoms with Gasteiger partial charge in [-0.3, -0.25) is 4.79 Å². The van der Waals surface area contributed by atoms with Gasteiger partial charge < -0.3 is 15.6 Å². The zero-order valence-corrected chi connectivity index (χ0v) is 12.6.